The van der Waals surface area contributed by atoms with Gasteiger partial charge in [-0.3, -0.25) is 19.1 Å². The second kappa shape index (κ2) is 15.1. The van der Waals surface area contributed by atoms with Gasteiger partial charge in [-0.25, -0.2) is 18.2 Å². The number of benzene rings is 1. The van der Waals surface area contributed by atoms with Crippen molar-refractivity contribution in [3.8, 4) is 11.6 Å². The molecule has 1 saturated heterocycles. The van der Waals surface area contributed by atoms with Crippen molar-refractivity contribution < 1.29 is 41.8 Å². The number of ether oxygens (including phenoxy) is 3. The van der Waals surface area contributed by atoms with E-state index in [1.807, 2.05) is 50.3 Å². The summed E-state index contributed by atoms with van der Waals surface area (Å²) >= 11 is 0. The van der Waals surface area contributed by atoms with E-state index >= 15 is 0 Å². The quantitative estimate of drug-likeness (QED) is 0.299. The van der Waals surface area contributed by atoms with Crippen LogP contribution in [0.2, 0.25) is 0 Å². The monoisotopic (exact) mass is 805 g/mol. The smallest absolute Gasteiger partial charge is 0.408 e. The molecule has 15 heteroatoms. The molecule has 0 bridgehead atoms. The lowest BCUT2D eigenvalue weighted by molar-refractivity contribution is -0.142. The van der Waals surface area contributed by atoms with E-state index in [0.29, 0.717) is 55.8 Å². The number of aromatic nitrogens is 1. The number of hydrogen-bond donors (Lipinski definition) is 3. The molecule has 4 saturated carbocycles. The fourth-order valence-corrected chi connectivity index (χ4v) is 10.6. The molecule has 57 heavy (non-hydrogen) atoms. The van der Waals surface area contributed by atoms with Gasteiger partial charge in [-0.2, -0.15) is 0 Å². The molecule has 3 N–H and O–H groups in total. The number of alkyl carbamates (subject to hydrolysis) is 1. The van der Waals surface area contributed by atoms with Crippen LogP contribution < -0.4 is 24.8 Å². The Kier molecular flexibility index (Phi) is 10.4. The number of sulfonamides is 1. The maximum atomic E-state index is 14.9. The number of rotatable bonds is 9. The van der Waals surface area contributed by atoms with Gasteiger partial charge in [-0.15, -0.1) is 0 Å². The fourth-order valence-electron chi connectivity index (χ4n) is 9.30. The van der Waals surface area contributed by atoms with Crippen LogP contribution in [0.25, 0.3) is 10.8 Å². The van der Waals surface area contributed by atoms with Gasteiger partial charge in [0.05, 0.1) is 17.9 Å². The Morgan fingerprint density at radius 3 is 2.54 bits per heavy atom. The molecular formula is C42H55N5O9S. The van der Waals surface area contributed by atoms with Crippen molar-refractivity contribution in [1.29, 1.82) is 0 Å². The van der Waals surface area contributed by atoms with Crippen LogP contribution in [0.5, 0.6) is 11.6 Å². The Morgan fingerprint density at radius 2 is 1.81 bits per heavy atom. The van der Waals surface area contributed by atoms with E-state index in [0.717, 1.165) is 30.0 Å². The summed E-state index contributed by atoms with van der Waals surface area (Å²) in [5.41, 5.74) is -1.52. The van der Waals surface area contributed by atoms with Crippen LogP contribution in [-0.2, 0) is 29.1 Å². The molecule has 3 heterocycles. The summed E-state index contributed by atoms with van der Waals surface area (Å²) in [4.78, 5) is 62.8. The minimum absolute atomic E-state index is 0.00274. The first-order valence-corrected chi connectivity index (χ1v) is 22.2. The highest BCUT2D eigenvalue weighted by molar-refractivity contribution is 7.91. The summed E-state index contributed by atoms with van der Waals surface area (Å²) in [7, 11) is -3.99. The van der Waals surface area contributed by atoms with Gasteiger partial charge in [0.25, 0.3) is 5.91 Å². The summed E-state index contributed by atoms with van der Waals surface area (Å²) < 4.78 is 45.7. The minimum Gasteiger partial charge on any atom is -0.494 e. The molecule has 0 radical (unpaired) electrons. The topological polar surface area (TPSA) is 182 Å². The highest BCUT2D eigenvalue weighted by Crippen LogP contribution is 2.52. The van der Waals surface area contributed by atoms with Crippen LogP contribution in [0, 0.1) is 29.6 Å². The van der Waals surface area contributed by atoms with Gasteiger partial charge in [-0.1, -0.05) is 26.0 Å². The van der Waals surface area contributed by atoms with Gasteiger partial charge < -0.3 is 29.7 Å². The molecule has 2 aliphatic heterocycles. The molecule has 6 aliphatic rings. The molecule has 10 atom stereocenters. The molecule has 4 amide bonds. The average Bonchev–Trinajstić information content (AvgIpc) is 4.12. The standard InChI is InChI=1S/C42H55N5O9S/c1-5-54-30-10-11-33-26(18-30)12-15-43-37(33)55-32-21-34-36(48)45-42(39(50)46-57(52,53)41(4)13-14-41)22-29(42)9-7-6-8-24(2)16-25(3)35(38(49)47(34)23-32)44-40(51)56-31-19-27-17-28(27)20-31/h7,9-12,15,18,24-25,27-29,31-32,34-35H,5-6,8,13-14,16-17,19-23H2,1-4H3,(H,44,51)(H,45,48)(H,46,50)/b9-7-/t24-,25-,27-,28+,29?,31+,32-,34+,35+,42-/m1/s1. The number of hydrogen-bond acceptors (Lipinski definition) is 10. The number of nitrogens with zero attached hydrogens (tertiary/aromatic N) is 2. The molecule has 2 aromatic rings. The third-order valence-electron chi connectivity index (χ3n) is 13.3. The zero-order valence-corrected chi connectivity index (χ0v) is 34.0. The van der Waals surface area contributed by atoms with Crippen LogP contribution in [0.4, 0.5) is 4.79 Å². The molecule has 1 aromatic carbocycles. The summed E-state index contributed by atoms with van der Waals surface area (Å²) in [5.74, 6) is -0.184. The Labute approximate surface area is 334 Å². The molecule has 5 fully saturated rings. The fraction of sp³-hybridized carbons (Fsp3) is 0.643. The maximum Gasteiger partial charge on any atom is 0.408 e. The van der Waals surface area contributed by atoms with Crippen molar-refractivity contribution >= 4 is 44.6 Å². The lowest BCUT2D eigenvalue weighted by Crippen LogP contribution is -2.59. The normalized spacial score (nSPS) is 34.9. The molecular weight excluding hydrogens is 751 g/mol. The SMILES string of the molecule is CCOc1ccc2c(O[C@@H]3C[C@H]4C(=O)N[C@]5(C(=O)NS(=O)(=O)C6(C)CC6)CC5/C=C\CC[C@@H](C)C[C@@H](C)[C@H](NC(=O)O[C@@H]5C[C@@H]6C[C@@H]6C5)C(=O)N4C3)nccc2c1. The van der Waals surface area contributed by atoms with Crippen molar-refractivity contribution in [3.63, 3.8) is 0 Å². The molecule has 8 rings (SSSR count). The number of carbonyl (C=O) groups excluding carboxylic acids is 4. The zero-order valence-electron chi connectivity index (χ0n) is 33.2. The Hall–Kier alpha value is -4.40. The summed E-state index contributed by atoms with van der Waals surface area (Å²) in [6.07, 6.45) is 10.1. The molecule has 4 aliphatic carbocycles. The highest BCUT2D eigenvalue weighted by Gasteiger charge is 2.63. The van der Waals surface area contributed by atoms with E-state index in [1.165, 1.54) is 11.3 Å². The van der Waals surface area contributed by atoms with Gasteiger partial charge in [0.1, 0.15) is 35.6 Å². The summed E-state index contributed by atoms with van der Waals surface area (Å²) in [6.45, 7) is 8.06. The highest BCUT2D eigenvalue weighted by atomic mass is 32.2. The van der Waals surface area contributed by atoms with E-state index < -0.39 is 68.2 Å². The van der Waals surface area contributed by atoms with E-state index in [4.69, 9.17) is 14.2 Å². The first-order chi connectivity index (χ1) is 27.2. The molecule has 0 spiro atoms. The van der Waals surface area contributed by atoms with Gasteiger partial charge >= 0.3 is 6.09 Å². The van der Waals surface area contributed by atoms with Crippen molar-refractivity contribution in [2.45, 2.75) is 126 Å². The average molecular weight is 806 g/mol. The second-order valence-corrected chi connectivity index (χ2v) is 20.0. The third-order valence-corrected chi connectivity index (χ3v) is 15.4. The van der Waals surface area contributed by atoms with Crippen LogP contribution >= 0.6 is 0 Å². The number of allylic oxidation sites excluding steroid dienone is 1. The molecule has 14 nitrogen and oxygen atoms in total. The summed E-state index contributed by atoms with van der Waals surface area (Å²) in [6, 6.07) is 5.32. The van der Waals surface area contributed by atoms with Crippen molar-refractivity contribution in [1.82, 2.24) is 25.2 Å². The van der Waals surface area contributed by atoms with Gasteiger partial charge in [0.2, 0.25) is 27.7 Å². The van der Waals surface area contributed by atoms with Crippen LogP contribution in [0.15, 0.2) is 42.6 Å². The zero-order chi connectivity index (χ0) is 40.3. The van der Waals surface area contributed by atoms with Crippen molar-refractivity contribution in [2.24, 2.45) is 29.6 Å². The molecule has 1 aromatic heterocycles. The largest absolute Gasteiger partial charge is 0.494 e. The van der Waals surface area contributed by atoms with E-state index in [1.54, 1.807) is 13.1 Å². The maximum absolute atomic E-state index is 14.9. The first-order valence-electron chi connectivity index (χ1n) is 20.7. The van der Waals surface area contributed by atoms with E-state index in [2.05, 4.69) is 27.3 Å². The predicted octanol–water partition coefficient (Wildman–Crippen LogP) is 4.76. The van der Waals surface area contributed by atoms with Crippen molar-refractivity contribution in [3.05, 3.63) is 42.6 Å². The minimum atomic E-state index is -3.99. The number of amides is 4. The third kappa shape index (κ3) is 8.05. The second-order valence-electron chi connectivity index (χ2n) is 17.8. The van der Waals surface area contributed by atoms with Gasteiger partial charge in [-0.05, 0) is 125 Å². The van der Waals surface area contributed by atoms with Crippen LogP contribution in [0.1, 0.15) is 91.9 Å². The van der Waals surface area contributed by atoms with Gasteiger partial charge in [0.15, 0.2) is 0 Å². The number of carbonyl (C=O) groups is 4. The summed E-state index contributed by atoms with van der Waals surface area (Å²) in [5, 5.41) is 7.41. The molecule has 308 valence electrons. The lowest BCUT2D eigenvalue weighted by Gasteiger charge is -2.33. The predicted molar refractivity (Wildman–Crippen MR) is 210 cm³/mol. The Bertz CT molecular complexity index is 2060. The Balaban J connectivity index is 1.09. The Morgan fingerprint density at radius 1 is 1.04 bits per heavy atom. The number of pyridine rings is 1. The van der Waals surface area contributed by atoms with E-state index in [9.17, 15) is 27.6 Å². The lowest BCUT2D eigenvalue weighted by atomic mass is 9.88. The van der Waals surface area contributed by atoms with Crippen LogP contribution in [0.3, 0.4) is 0 Å². The van der Waals surface area contributed by atoms with E-state index in [-0.39, 0.29) is 37.3 Å². The van der Waals surface area contributed by atoms with Gasteiger partial charge in [0, 0.05) is 23.9 Å². The number of fused-ring (bicyclic) bond motifs is 4. The van der Waals surface area contributed by atoms with Crippen molar-refractivity contribution in [2.75, 3.05) is 13.2 Å². The van der Waals surface area contributed by atoms with Crippen LogP contribution in [-0.4, -0.2) is 89.8 Å². The molecule has 1 unspecified atom stereocenters. The first kappa shape index (κ1) is 39.4. The number of nitrogens with one attached hydrogen (secondary N) is 3.